The van der Waals surface area contributed by atoms with Crippen molar-refractivity contribution < 1.29 is 18.3 Å². The third kappa shape index (κ3) is 4.87. The highest BCUT2D eigenvalue weighted by Crippen LogP contribution is 2.64. The first kappa shape index (κ1) is 26.8. The SMILES string of the molecule is CN1CC2C1CN2C.COc1cc(C=O)ccc1Cn1ncc2nc(N)nc(NCC3CC4(C3)CC(F)(F)C4)c21. The maximum atomic E-state index is 13.3. The van der Waals surface area contributed by atoms with Gasteiger partial charge in [-0.25, -0.2) is 13.8 Å². The van der Waals surface area contributed by atoms with E-state index >= 15 is 0 Å². The Bertz CT molecular complexity index is 1400. The van der Waals surface area contributed by atoms with Gasteiger partial charge < -0.3 is 15.8 Å². The summed E-state index contributed by atoms with van der Waals surface area (Å²) < 4.78 is 33.7. The number of benzene rings is 1. The summed E-state index contributed by atoms with van der Waals surface area (Å²) in [6.07, 6.45) is 4.03. The number of nitrogens with zero attached hydrogens (tertiary/aromatic N) is 6. The third-order valence-electron chi connectivity index (χ3n) is 9.07. The summed E-state index contributed by atoms with van der Waals surface area (Å²) >= 11 is 0. The molecule has 2 aromatic heterocycles. The third-order valence-corrected chi connectivity index (χ3v) is 9.07. The van der Waals surface area contributed by atoms with Crippen molar-refractivity contribution in [3.05, 3.63) is 35.5 Å². The molecule has 40 heavy (non-hydrogen) atoms. The van der Waals surface area contributed by atoms with Crippen LogP contribution in [0.25, 0.3) is 11.0 Å². The van der Waals surface area contributed by atoms with Crippen LogP contribution >= 0.6 is 0 Å². The van der Waals surface area contributed by atoms with Crippen LogP contribution in [0.4, 0.5) is 20.5 Å². The lowest BCUT2D eigenvalue weighted by molar-refractivity contribution is -0.204. The van der Waals surface area contributed by atoms with E-state index < -0.39 is 5.92 Å². The van der Waals surface area contributed by atoms with Gasteiger partial charge in [0.05, 0.1) is 19.9 Å². The predicted molar refractivity (Wildman–Crippen MR) is 148 cm³/mol. The van der Waals surface area contributed by atoms with E-state index in [0.29, 0.717) is 47.2 Å². The van der Waals surface area contributed by atoms with Gasteiger partial charge in [0.1, 0.15) is 23.1 Å². The first-order valence-electron chi connectivity index (χ1n) is 13.7. The molecule has 4 aliphatic rings. The number of rotatable bonds is 7. The summed E-state index contributed by atoms with van der Waals surface area (Å²) in [5.41, 5.74) is 8.39. The number of ether oxygens (including phenoxy) is 1. The Hall–Kier alpha value is -3.38. The highest BCUT2D eigenvalue weighted by molar-refractivity contribution is 5.86. The largest absolute Gasteiger partial charge is 0.496 e. The van der Waals surface area contributed by atoms with Crippen LogP contribution in [0.5, 0.6) is 5.75 Å². The second-order valence-electron chi connectivity index (χ2n) is 12.0. The van der Waals surface area contributed by atoms with Gasteiger partial charge in [-0.05, 0) is 44.3 Å². The Kier molecular flexibility index (Phi) is 6.65. The van der Waals surface area contributed by atoms with Gasteiger partial charge in [-0.1, -0.05) is 12.1 Å². The highest BCUT2D eigenvalue weighted by Gasteiger charge is 2.61. The average Bonchev–Trinajstić information content (AvgIpc) is 3.29. The molecule has 0 bridgehead atoms. The number of hydrogen-bond donors (Lipinski definition) is 2. The van der Waals surface area contributed by atoms with Crippen molar-refractivity contribution in [1.29, 1.82) is 0 Å². The van der Waals surface area contributed by atoms with Gasteiger partial charge in [0.25, 0.3) is 0 Å². The zero-order valence-corrected chi connectivity index (χ0v) is 23.1. The number of likely N-dealkylation sites (N-methyl/N-ethyl adjacent to an activating group) is 2. The van der Waals surface area contributed by atoms with E-state index in [1.54, 1.807) is 30.1 Å². The zero-order chi connectivity index (χ0) is 28.2. The number of halogens is 2. The number of nitrogens with two attached hydrogens (primary N) is 1. The Morgan fingerprint density at radius 3 is 2.42 bits per heavy atom. The maximum Gasteiger partial charge on any atom is 0.249 e. The average molecular weight is 555 g/mol. The normalized spacial score (nSPS) is 24.5. The molecule has 12 heteroatoms. The van der Waals surface area contributed by atoms with E-state index in [1.807, 2.05) is 6.07 Å². The number of fused-ring (bicyclic) bond motifs is 2. The highest BCUT2D eigenvalue weighted by atomic mass is 19.3. The summed E-state index contributed by atoms with van der Waals surface area (Å²) in [5.74, 6) is -0.876. The topological polar surface area (TPSA) is 114 Å². The molecule has 4 fully saturated rings. The number of likely N-dealkylation sites (tertiary alicyclic amines) is 2. The molecule has 7 rings (SSSR count). The van der Waals surface area contributed by atoms with E-state index in [4.69, 9.17) is 10.5 Å². The molecule has 2 saturated heterocycles. The summed E-state index contributed by atoms with van der Waals surface area (Å²) in [4.78, 5) is 24.5. The fraction of sp³-hybridized carbons (Fsp3) is 0.571. The maximum absolute atomic E-state index is 13.3. The Balaban J connectivity index is 0.000000307. The van der Waals surface area contributed by atoms with Gasteiger partial charge in [-0.3, -0.25) is 19.3 Å². The Morgan fingerprint density at radius 1 is 1.15 bits per heavy atom. The standard InChI is InChI=1S/C22H24F2N6O2.C6H12N2/c1-32-17-4-13(10-31)2-3-15(17)9-30-18-16(8-27-30)28-20(25)29-19(18)26-7-14-5-21(6-14)11-22(23,24)12-21;1-7-3-6-5(7)4-8(6)2/h2-4,8,10,14H,5-7,9,11-12H2,1H3,(H3,25,26,28,29);5-6H,3-4H2,1-2H3. The fourth-order valence-electron chi connectivity index (χ4n) is 6.97. The zero-order valence-electron chi connectivity index (χ0n) is 23.1. The van der Waals surface area contributed by atoms with Crippen molar-refractivity contribution in [2.45, 2.75) is 50.2 Å². The summed E-state index contributed by atoms with van der Waals surface area (Å²) in [7, 11) is 5.96. The number of hydrogen-bond acceptors (Lipinski definition) is 9. The molecule has 10 nitrogen and oxygen atoms in total. The van der Waals surface area contributed by atoms with Crippen molar-refractivity contribution in [2.24, 2.45) is 11.3 Å². The van der Waals surface area contributed by atoms with Crippen molar-refractivity contribution in [2.75, 3.05) is 51.9 Å². The smallest absolute Gasteiger partial charge is 0.249 e. The van der Waals surface area contributed by atoms with Crippen LogP contribution in [0.2, 0.25) is 0 Å². The quantitative estimate of drug-likeness (QED) is 0.425. The monoisotopic (exact) mass is 554 g/mol. The van der Waals surface area contributed by atoms with E-state index in [0.717, 1.165) is 36.8 Å². The minimum Gasteiger partial charge on any atom is -0.496 e. The molecule has 3 N–H and O–H groups in total. The molecule has 2 atom stereocenters. The Labute approximate surface area is 231 Å². The molecule has 1 spiro atoms. The molecule has 214 valence electrons. The Morgan fingerprint density at radius 2 is 1.85 bits per heavy atom. The van der Waals surface area contributed by atoms with Crippen LogP contribution in [0.15, 0.2) is 24.4 Å². The van der Waals surface area contributed by atoms with Crippen LogP contribution in [0, 0.1) is 11.3 Å². The number of anilines is 2. The second-order valence-corrected chi connectivity index (χ2v) is 12.0. The summed E-state index contributed by atoms with van der Waals surface area (Å²) in [6, 6.07) is 7.06. The molecule has 2 unspecified atom stereocenters. The lowest BCUT2D eigenvalue weighted by atomic mass is 9.50. The molecular weight excluding hydrogens is 518 g/mol. The molecule has 1 aromatic carbocycles. The summed E-state index contributed by atoms with van der Waals surface area (Å²) in [5, 5.41) is 7.78. The first-order valence-corrected chi connectivity index (χ1v) is 13.7. The number of aldehydes is 1. The van der Waals surface area contributed by atoms with Crippen LogP contribution in [0.1, 0.15) is 41.6 Å². The molecule has 0 radical (unpaired) electrons. The second kappa shape index (κ2) is 9.91. The minimum absolute atomic E-state index is 0.0126. The lowest BCUT2D eigenvalue weighted by Gasteiger charge is -2.59. The van der Waals surface area contributed by atoms with Gasteiger partial charge in [-0.15, -0.1) is 0 Å². The number of methoxy groups -OCH3 is 1. The van der Waals surface area contributed by atoms with Crippen molar-refractivity contribution in [1.82, 2.24) is 29.5 Å². The van der Waals surface area contributed by atoms with Crippen LogP contribution in [-0.2, 0) is 6.54 Å². The molecule has 4 heterocycles. The van der Waals surface area contributed by atoms with Gasteiger partial charge >= 0.3 is 0 Å². The number of nitrogen functional groups attached to an aromatic ring is 1. The van der Waals surface area contributed by atoms with Crippen LogP contribution < -0.4 is 15.8 Å². The summed E-state index contributed by atoms with van der Waals surface area (Å²) in [6.45, 7) is 3.60. The number of carbonyl (C=O) groups excluding carboxylic acids is 1. The molecule has 2 aliphatic heterocycles. The molecule has 0 amide bonds. The van der Waals surface area contributed by atoms with E-state index in [2.05, 4.69) is 44.3 Å². The minimum atomic E-state index is -2.48. The van der Waals surface area contributed by atoms with Gasteiger partial charge in [-0.2, -0.15) is 10.1 Å². The van der Waals surface area contributed by atoms with Crippen molar-refractivity contribution in [3.8, 4) is 5.75 Å². The van der Waals surface area contributed by atoms with E-state index in [-0.39, 0.29) is 24.2 Å². The van der Waals surface area contributed by atoms with Gasteiger partial charge in [0.2, 0.25) is 11.9 Å². The van der Waals surface area contributed by atoms with Crippen LogP contribution in [-0.4, -0.2) is 94.7 Å². The van der Waals surface area contributed by atoms with Crippen molar-refractivity contribution in [3.63, 3.8) is 0 Å². The fourth-order valence-corrected chi connectivity index (χ4v) is 6.97. The number of alkyl halides is 2. The van der Waals surface area contributed by atoms with Crippen molar-refractivity contribution >= 4 is 29.1 Å². The van der Waals surface area contributed by atoms with Gasteiger partial charge in [0.15, 0.2) is 5.82 Å². The van der Waals surface area contributed by atoms with Crippen LogP contribution in [0.3, 0.4) is 0 Å². The molecular formula is C28H36F2N8O2. The number of piperazine rings is 1. The van der Waals surface area contributed by atoms with E-state index in [1.165, 1.54) is 13.1 Å². The molecule has 3 aromatic rings. The predicted octanol–water partition coefficient (Wildman–Crippen LogP) is 3.13. The number of aromatic nitrogens is 4. The van der Waals surface area contributed by atoms with Gasteiger partial charge in [0, 0.05) is 55.7 Å². The van der Waals surface area contributed by atoms with E-state index in [9.17, 15) is 13.6 Å². The number of nitrogens with one attached hydrogen (secondary N) is 1. The lowest BCUT2D eigenvalue weighted by Crippen LogP contribution is -2.76. The molecule has 2 saturated carbocycles. The first-order chi connectivity index (χ1) is 19.1. The number of carbonyl (C=O) groups is 1. The molecule has 2 aliphatic carbocycles.